The standard InChI is InChI=1S/C26H17Br2ClN2O/c27-18-12-20-24-14-23(17-10-9-15-5-1-2-6-16(15)11-17)30-31(24)26(32-25(20)21(28)13-18)19-7-3-4-8-22(19)29/h1-13,24,26H,14H2/t24-,26+/m1/s1. The first kappa shape index (κ1) is 20.3. The zero-order valence-electron chi connectivity index (χ0n) is 16.8. The van der Waals surface area contributed by atoms with Gasteiger partial charge in [0.25, 0.3) is 0 Å². The van der Waals surface area contributed by atoms with Gasteiger partial charge in [-0.2, -0.15) is 5.10 Å². The highest BCUT2D eigenvalue weighted by atomic mass is 79.9. The van der Waals surface area contributed by atoms with Crippen LogP contribution in [0.2, 0.25) is 5.02 Å². The van der Waals surface area contributed by atoms with Crippen LogP contribution in [0.1, 0.15) is 35.4 Å². The van der Waals surface area contributed by atoms with Crippen LogP contribution in [0, 0.1) is 0 Å². The fourth-order valence-corrected chi connectivity index (χ4v) is 6.12. The van der Waals surface area contributed by atoms with Crippen molar-refractivity contribution in [3.63, 3.8) is 0 Å². The number of hydrogen-bond acceptors (Lipinski definition) is 3. The third kappa shape index (κ3) is 3.35. The smallest absolute Gasteiger partial charge is 0.215 e. The van der Waals surface area contributed by atoms with Crippen LogP contribution >= 0.6 is 43.5 Å². The van der Waals surface area contributed by atoms with Crippen LogP contribution in [0.3, 0.4) is 0 Å². The molecular weight excluding hydrogens is 552 g/mol. The summed E-state index contributed by atoms with van der Waals surface area (Å²) in [7, 11) is 0. The van der Waals surface area contributed by atoms with Gasteiger partial charge in [0.1, 0.15) is 5.75 Å². The molecule has 0 bridgehead atoms. The van der Waals surface area contributed by atoms with E-state index in [9.17, 15) is 0 Å². The number of ether oxygens (including phenoxy) is 1. The van der Waals surface area contributed by atoms with Crippen molar-refractivity contribution in [3.8, 4) is 5.75 Å². The van der Waals surface area contributed by atoms with Crippen LogP contribution in [-0.4, -0.2) is 10.7 Å². The van der Waals surface area contributed by atoms with Gasteiger partial charge in [-0.25, -0.2) is 5.01 Å². The molecule has 6 rings (SSSR count). The summed E-state index contributed by atoms with van der Waals surface area (Å²) in [5.41, 5.74) is 4.19. The number of nitrogens with zero attached hydrogens (tertiary/aromatic N) is 2. The molecule has 0 unspecified atom stereocenters. The molecule has 4 aromatic rings. The Bertz CT molecular complexity index is 1400. The molecule has 0 aromatic heterocycles. The topological polar surface area (TPSA) is 24.8 Å². The predicted molar refractivity (Wildman–Crippen MR) is 136 cm³/mol. The zero-order valence-corrected chi connectivity index (χ0v) is 20.7. The normalized spacial score (nSPS) is 19.3. The van der Waals surface area contributed by atoms with Crippen LogP contribution in [0.5, 0.6) is 5.75 Å². The van der Waals surface area contributed by atoms with Crippen LogP contribution in [0.25, 0.3) is 10.8 Å². The molecule has 0 spiro atoms. The Morgan fingerprint density at radius 3 is 2.50 bits per heavy atom. The van der Waals surface area contributed by atoms with Gasteiger partial charge < -0.3 is 4.74 Å². The van der Waals surface area contributed by atoms with E-state index in [4.69, 9.17) is 21.4 Å². The first-order chi connectivity index (χ1) is 15.6. The summed E-state index contributed by atoms with van der Waals surface area (Å²) in [6.07, 6.45) is 0.384. The summed E-state index contributed by atoms with van der Waals surface area (Å²) >= 11 is 13.9. The first-order valence-electron chi connectivity index (χ1n) is 10.3. The quantitative estimate of drug-likeness (QED) is 0.243. The summed E-state index contributed by atoms with van der Waals surface area (Å²) < 4.78 is 8.44. The van der Waals surface area contributed by atoms with E-state index >= 15 is 0 Å². The lowest BCUT2D eigenvalue weighted by Gasteiger charge is -2.39. The van der Waals surface area contributed by atoms with E-state index in [0.717, 1.165) is 43.5 Å². The van der Waals surface area contributed by atoms with Crippen molar-refractivity contribution in [3.05, 3.63) is 110 Å². The van der Waals surface area contributed by atoms with Crippen LogP contribution in [-0.2, 0) is 0 Å². The zero-order chi connectivity index (χ0) is 21.8. The van der Waals surface area contributed by atoms with Gasteiger partial charge in [-0.05, 0) is 56.5 Å². The van der Waals surface area contributed by atoms with Gasteiger partial charge in [-0.3, -0.25) is 0 Å². The maximum Gasteiger partial charge on any atom is 0.215 e. The Balaban J connectivity index is 1.49. The van der Waals surface area contributed by atoms with Crippen molar-refractivity contribution in [1.82, 2.24) is 5.01 Å². The van der Waals surface area contributed by atoms with E-state index < -0.39 is 6.23 Å². The van der Waals surface area contributed by atoms with E-state index in [1.807, 2.05) is 30.3 Å². The third-order valence-electron chi connectivity index (χ3n) is 6.06. The minimum absolute atomic E-state index is 0.0512. The van der Waals surface area contributed by atoms with Crippen molar-refractivity contribution >= 4 is 59.9 Å². The molecule has 158 valence electrons. The van der Waals surface area contributed by atoms with Crippen LogP contribution in [0.15, 0.2) is 92.9 Å². The maximum absolute atomic E-state index is 6.58. The second-order valence-electron chi connectivity index (χ2n) is 8.01. The predicted octanol–water partition coefficient (Wildman–Crippen LogP) is 8.26. The average Bonchev–Trinajstić information content (AvgIpc) is 3.25. The molecule has 0 amide bonds. The molecule has 2 aliphatic rings. The van der Waals surface area contributed by atoms with Gasteiger partial charge in [-0.15, -0.1) is 0 Å². The Labute approximate surface area is 207 Å². The number of halogens is 3. The van der Waals surface area contributed by atoms with E-state index in [1.54, 1.807) is 0 Å². The highest BCUT2D eigenvalue weighted by molar-refractivity contribution is 9.11. The summed E-state index contributed by atoms with van der Waals surface area (Å²) in [6.45, 7) is 0. The fourth-order valence-electron chi connectivity index (χ4n) is 4.54. The summed E-state index contributed by atoms with van der Waals surface area (Å²) in [4.78, 5) is 0. The molecule has 0 saturated heterocycles. The number of fused-ring (bicyclic) bond motifs is 4. The molecule has 0 N–H and O–H groups in total. The molecule has 2 heterocycles. The molecule has 4 aromatic carbocycles. The highest BCUT2D eigenvalue weighted by Gasteiger charge is 2.42. The molecule has 32 heavy (non-hydrogen) atoms. The lowest BCUT2D eigenvalue weighted by molar-refractivity contribution is -0.0196. The molecule has 6 heteroatoms. The Morgan fingerprint density at radius 1 is 0.875 bits per heavy atom. The van der Waals surface area contributed by atoms with Crippen molar-refractivity contribution in [2.24, 2.45) is 5.10 Å². The van der Waals surface area contributed by atoms with Gasteiger partial charge in [0.15, 0.2) is 0 Å². The van der Waals surface area contributed by atoms with E-state index in [1.165, 1.54) is 10.8 Å². The first-order valence-corrected chi connectivity index (χ1v) is 12.3. The van der Waals surface area contributed by atoms with Crippen LogP contribution in [0.4, 0.5) is 0 Å². The Kier molecular flexibility index (Phi) is 5.01. The molecule has 3 nitrogen and oxygen atoms in total. The van der Waals surface area contributed by atoms with Crippen molar-refractivity contribution in [1.29, 1.82) is 0 Å². The van der Waals surface area contributed by atoms with E-state index in [2.05, 4.69) is 85.4 Å². The van der Waals surface area contributed by atoms with Crippen molar-refractivity contribution in [2.45, 2.75) is 18.7 Å². The minimum atomic E-state index is -0.406. The molecule has 0 saturated carbocycles. The third-order valence-corrected chi connectivity index (χ3v) is 7.45. The number of benzene rings is 4. The lowest BCUT2D eigenvalue weighted by atomic mass is 9.95. The van der Waals surface area contributed by atoms with E-state index in [-0.39, 0.29) is 6.04 Å². The van der Waals surface area contributed by atoms with Gasteiger partial charge in [0, 0.05) is 27.0 Å². The Hall–Kier alpha value is -2.34. The molecule has 2 aliphatic heterocycles. The second kappa shape index (κ2) is 7.91. The fraction of sp³-hybridized carbons (Fsp3) is 0.115. The molecule has 0 aliphatic carbocycles. The summed E-state index contributed by atoms with van der Waals surface area (Å²) in [6, 6.07) is 26.9. The van der Waals surface area contributed by atoms with Crippen molar-refractivity contribution in [2.75, 3.05) is 0 Å². The molecule has 0 radical (unpaired) electrons. The highest BCUT2D eigenvalue weighted by Crippen LogP contribution is 2.51. The SMILES string of the molecule is Clc1ccccc1[C@@H]1Oc2c(Br)cc(Br)cc2[C@H]2CC(c3ccc4ccccc4c3)=NN21. The maximum atomic E-state index is 6.58. The van der Waals surface area contributed by atoms with Gasteiger partial charge in [0.2, 0.25) is 6.23 Å². The minimum Gasteiger partial charge on any atom is -0.463 e. The summed E-state index contributed by atoms with van der Waals surface area (Å²) in [5.74, 6) is 0.842. The second-order valence-corrected chi connectivity index (χ2v) is 10.2. The van der Waals surface area contributed by atoms with Gasteiger partial charge >= 0.3 is 0 Å². The summed E-state index contributed by atoms with van der Waals surface area (Å²) in [5, 5.41) is 10.2. The number of hydrogen-bond donors (Lipinski definition) is 0. The molecule has 2 atom stereocenters. The Morgan fingerprint density at radius 2 is 1.66 bits per heavy atom. The van der Waals surface area contributed by atoms with E-state index in [0.29, 0.717) is 5.02 Å². The largest absolute Gasteiger partial charge is 0.463 e. The monoisotopic (exact) mass is 566 g/mol. The average molecular weight is 569 g/mol. The molecular formula is C26H17Br2ClN2O. The van der Waals surface area contributed by atoms with Crippen molar-refractivity contribution < 1.29 is 4.74 Å². The van der Waals surface area contributed by atoms with Gasteiger partial charge in [-0.1, -0.05) is 82.1 Å². The number of rotatable bonds is 2. The lowest BCUT2D eigenvalue weighted by Crippen LogP contribution is -2.34. The van der Waals surface area contributed by atoms with Crippen LogP contribution < -0.4 is 4.74 Å². The number of hydrazone groups is 1. The molecule has 0 fully saturated rings. The van der Waals surface area contributed by atoms with Gasteiger partial charge in [0.05, 0.1) is 16.2 Å².